The van der Waals surface area contributed by atoms with Crippen LogP contribution in [0.15, 0.2) is 108 Å². The summed E-state index contributed by atoms with van der Waals surface area (Å²) in [5.74, 6) is 1.43. The number of para-hydroxylation sites is 1. The Morgan fingerprint density at radius 3 is 2.32 bits per heavy atom. The lowest BCUT2D eigenvalue weighted by molar-refractivity contribution is -0.118. The Bertz CT molecular complexity index is 1380. The number of amides is 2. The molecule has 0 saturated heterocycles. The lowest BCUT2D eigenvalue weighted by Crippen LogP contribution is -2.20. The highest BCUT2D eigenvalue weighted by Gasteiger charge is 2.23. The molecule has 5 rings (SSSR count). The summed E-state index contributed by atoms with van der Waals surface area (Å²) in [5.41, 5.74) is 2.10. The number of hydrogen-bond donors (Lipinski definition) is 2. The largest absolute Gasteiger partial charge is 0.484 e. The van der Waals surface area contributed by atoms with Crippen molar-refractivity contribution in [3.05, 3.63) is 109 Å². The SMILES string of the molecule is O=C(COc1ccccc1)Nc1cccc(SC(C(=O)Nc2ccc3c(c2)OCO3)c2ccccc2)c1. The number of anilines is 2. The molecule has 1 aliphatic heterocycles. The van der Waals surface area contributed by atoms with Crippen molar-refractivity contribution < 1.29 is 23.8 Å². The summed E-state index contributed by atoms with van der Waals surface area (Å²) in [7, 11) is 0. The van der Waals surface area contributed by atoms with E-state index in [-0.39, 0.29) is 25.2 Å². The molecule has 0 aliphatic carbocycles. The average molecular weight is 513 g/mol. The van der Waals surface area contributed by atoms with Crippen LogP contribution in [0.4, 0.5) is 11.4 Å². The molecule has 7 nitrogen and oxygen atoms in total. The number of rotatable bonds is 9. The highest BCUT2D eigenvalue weighted by molar-refractivity contribution is 8.00. The zero-order valence-electron chi connectivity index (χ0n) is 19.8. The van der Waals surface area contributed by atoms with Gasteiger partial charge in [0.25, 0.3) is 5.91 Å². The second-order valence-electron chi connectivity index (χ2n) is 8.14. The summed E-state index contributed by atoms with van der Waals surface area (Å²) in [4.78, 5) is 26.6. The van der Waals surface area contributed by atoms with Gasteiger partial charge in [-0.1, -0.05) is 54.6 Å². The zero-order chi connectivity index (χ0) is 25.5. The van der Waals surface area contributed by atoms with Gasteiger partial charge in [-0.15, -0.1) is 11.8 Å². The Hall–Kier alpha value is -4.43. The van der Waals surface area contributed by atoms with Crippen molar-refractivity contribution in [2.45, 2.75) is 10.1 Å². The van der Waals surface area contributed by atoms with E-state index in [0.717, 1.165) is 10.5 Å². The van der Waals surface area contributed by atoms with E-state index in [2.05, 4.69) is 10.6 Å². The van der Waals surface area contributed by atoms with E-state index in [4.69, 9.17) is 14.2 Å². The molecule has 0 spiro atoms. The van der Waals surface area contributed by atoms with E-state index >= 15 is 0 Å². The fourth-order valence-corrected chi connectivity index (χ4v) is 4.81. The van der Waals surface area contributed by atoms with Crippen LogP contribution in [0, 0.1) is 0 Å². The minimum absolute atomic E-state index is 0.105. The van der Waals surface area contributed by atoms with Gasteiger partial charge in [0, 0.05) is 22.3 Å². The number of hydrogen-bond acceptors (Lipinski definition) is 6. The number of ether oxygens (including phenoxy) is 3. The third-order valence-electron chi connectivity index (χ3n) is 5.47. The molecular formula is C29H24N2O5S. The number of benzene rings is 4. The first kappa shape index (κ1) is 24.3. The van der Waals surface area contributed by atoms with Crippen LogP contribution in [0.2, 0.25) is 0 Å². The lowest BCUT2D eigenvalue weighted by Gasteiger charge is -2.18. The molecule has 0 aromatic heterocycles. The van der Waals surface area contributed by atoms with Gasteiger partial charge in [-0.3, -0.25) is 9.59 Å². The maximum Gasteiger partial charge on any atom is 0.262 e. The smallest absolute Gasteiger partial charge is 0.262 e. The molecule has 4 aromatic rings. The molecule has 1 unspecified atom stereocenters. The molecule has 8 heteroatoms. The van der Waals surface area contributed by atoms with E-state index in [0.29, 0.717) is 28.6 Å². The van der Waals surface area contributed by atoms with Crippen LogP contribution in [0.1, 0.15) is 10.8 Å². The Morgan fingerprint density at radius 2 is 1.51 bits per heavy atom. The van der Waals surface area contributed by atoms with Gasteiger partial charge in [0.05, 0.1) is 0 Å². The van der Waals surface area contributed by atoms with Crippen molar-refractivity contribution in [1.29, 1.82) is 0 Å². The third kappa shape index (κ3) is 6.42. The first-order chi connectivity index (χ1) is 18.1. The molecule has 1 aliphatic rings. The van der Waals surface area contributed by atoms with Crippen molar-refractivity contribution in [3.8, 4) is 17.2 Å². The van der Waals surface area contributed by atoms with Gasteiger partial charge in [0.15, 0.2) is 18.1 Å². The highest BCUT2D eigenvalue weighted by atomic mass is 32.2. The molecule has 1 atom stereocenters. The zero-order valence-corrected chi connectivity index (χ0v) is 20.6. The van der Waals surface area contributed by atoms with Gasteiger partial charge in [0.2, 0.25) is 12.7 Å². The Morgan fingerprint density at radius 1 is 0.784 bits per heavy atom. The predicted molar refractivity (Wildman–Crippen MR) is 143 cm³/mol. The second kappa shape index (κ2) is 11.5. The van der Waals surface area contributed by atoms with Gasteiger partial charge in [-0.25, -0.2) is 0 Å². The minimum Gasteiger partial charge on any atom is -0.484 e. The Labute approximate surface area is 218 Å². The van der Waals surface area contributed by atoms with Crippen LogP contribution in [0.5, 0.6) is 17.2 Å². The first-order valence-electron chi connectivity index (χ1n) is 11.6. The van der Waals surface area contributed by atoms with E-state index in [1.54, 1.807) is 36.4 Å². The summed E-state index contributed by atoms with van der Waals surface area (Å²) in [5, 5.41) is 5.31. The predicted octanol–water partition coefficient (Wildman–Crippen LogP) is 5.90. The van der Waals surface area contributed by atoms with Gasteiger partial charge in [0.1, 0.15) is 11.0 Å². The summed E-state index contributed by atoms with van der Waals surface area (Å²) in [6, 6.07) is 31.4. The molecule has 2 N–H and O–H groups in total. The molecule has 0 saturated carbocycles. The lowest BCUT2D eigenvalue weighted by atomic mass is 10.1. The van der Waals surface area contributed by atoms with Crippen LogP contribution < -0.4 is 24.8 Å². The minimum atomic E-state index is -0.529. The van der Waals surface area contributed by atoms with Crippen LogP contribution >= 0.6 is 11.8 Å². The van der Waals surface area contributed by atoms with Gasteiger partial charge in [-0.2, -0.15) is 0 Å². The molecule has 37 heavy (non-hydrogen) atoms. The number of fused-ring (bicyclic) bond motifs is 1. The number of carbonyl (C=O) groups is 2. The van der Waals surface area contributed by atoms with Gasteiger partial charge < -0.3 is 24.8 Å². The normalized spacial score (nSPS) is 12.4. The number of thioether (sulfide) groups is 1. The van der Waals surface area contributed by atoms with Gasteiger partial charge >= 0.3 is 0 Å². The van der Waals surface area contributed by atoms with Crippen LogP contribution in [0.3, 0.4) is 0 Å². The van der Waals surface area contributed by atoms with Gasteiger partial charge in [-0.05, 0) is 48.0 Å². The van der Waals surface area contributed by atoms with Crippen molar-refractivity contribution >= 4 is 35.0 Å². The summed E-state index contributed by atoms with van der Waals surface area (Å²) < 4.78 is 16.3. The van der Waals surface area contributed by atoms with Crippen molar-refractivity contribution in [2.24, 2.45) is 0 Å². The fourth-order valence-electron chi connectivity index (χ4n) is 3.73. The van der Waals surface area contributed by atoms with Crippen LogP contribution in [0.25, 0.3) is 0 Å². The van der Waals surface area contributed by atoms with Crippen molar-refractivity contribution in [3.63, 3.8) is 0 Å². The maximum atomic E-state index is 13.4. The van der Waals surface area contributed by atoms with E-state index in [1.165, 1.54) is 11.8 Å². The molecule has 0 fully saturated rings. The first-order valence-corrected chi connectivity index (χ1v) is 12.5. The third-order valence-corrected chi connectivity index (χ3v) is 6.71. The van der Waals surface area contributed by atoms with Crippen molar-refractivity contribution in [1.82, 2.24) is 0 Å². The number of nitrogens with one attached hydrogen (secondary N) is 2. The fraction of sp³-hybridized carbons (Fsp3) is 0.103. The monoisotopic (exact) mass is 512 g/mol. The molecule has 186 valence electrons. The summed E-state index contributed by atoms with van der Waals surface area (Å²) in [6.45, 7) is 0.0620. The summed E-state index contributed by atoms with van der Waals surface area (Å²) >= 11 is 1.40. The van der Waals surface area contributed by atoms with Crippen LogP contribution in [-0.2, 0) is 9.59 Å². The van der Waals surface area contributed by atoms with Crippen LogP contribution in [-0.4, -0.2) is 25.2 Å². The van der Waals surface area contributed by atoms with E-state index in [1.807, 2.05) is 66.7 Å². The van der Waals surface area contributed by atoms with Crippen molar-refractivity contribution in [2.75, 3.05) is 24.0 Å². The van der Waals surface area contributed by atoms with E-state index < -0.39 is 5.25 Å². The quantitative estimate of drug-likeness (QED) is 0.272. The molecule has 2 amide bonds. The average Bonchev–Trinajstić information content (AvgIpc) is 3.40. The Kier molecular flexibility index (Phi) is 7.57. The van der Waals surface area contributed by atoms with E-state index in [9.17, 15) is 9.59 Å². The maximum absolute atomic E-state index is 13.4. The molecule has 0 radical (unpaired) electrons. The number of carbonyl (C=O) groups excluding carboxylic acids is 2. The summed E-state index contributed by atoms with van der Waals surface area (Å²) in [6.07, 6.45) is 0. The molecule has 0 bridgehead atoms. The standard InChI is InChI=1S/C29H24N2O5S/c32-27(18-34-23-11-5-2-6-12-23)30-21-10-7-13-24(16-21)37-28(20-8-3-1-4-9-20)29(33)31-22-14-15-25-26(17-22)36-19-35-25/h1-17,28H,18-19H2,(H,30,32)(H,31,33). The molecular weight excluding hydrogens is 488 g/mol. The molecule has 1 heterocycles. The molecule has 4 aromatic carbocycles. The topological polar surface area (TPSA) is 85.9 Å². The second-order valence-corrected chi connectivity index (χ2v) is 9.32. The Balaban J connectivity index is 1.28. The highest BCUT2D eigenvalue weighted by Crippen LogP contribution is 2.38.